The van der Waals surface area contributed by atoms with E-state index in [0.717, 1.165) is 0 Å². The Labute approximate surface area is 184 Å². The van der Waals surface area contributed by atoms with Crippen LogP contribution in [0.15, 0.2) is 16.7 Å². The van der Waals surface area contributed by atoms with Gasteiger partial charge in [0.15, 0.2) is 0 Å². The van der Waals surface area contributed by atoms with Crippen molar-refractivity contribution in [1.82, 2.24) is 15.5 Å². The molecule has 0 unspecified atom stereocenters. The van der Waals surface area contributed by atoms with Gasteiger partial charge < -0.3 is 14.5 Å². The van der Waals surface area contributed by atoms with Crippen LogP contribution in [0.2, 0.25) is 0 Å². The molecule has 8 nitrogen and oxygen atoms in total. The maximum absolute atomic E-state index is 12.2. The molecule has 0 bridgehead atoms. The Kier molecular flexibility index (Phi) is 8.00. The predicted molar refractivity (Wildman–Crippen MR) is 97.3 cm³/mol. The average molecular weight is 487 g/mol. The van der Waals surface area contributed by atoms with E-state index in [0.29, 0.717) is 12.1 Å². The molecule has 3 rings (SSSR count). The monoisotopic (exact) mass is 487 g/mol. The van der Waals surface area contributed by atoms with Gasteiger partial charge in [-0.25, -0.2) is 0 Å². The largest absolute Gasteiger partial charge is 0.522 e. The third-order valence-electron chi connectivity index (χ3n) is 5.27. The summed E-state index contributed by atoms with van der Waals surface area (Å²) >= 11 is 0. The first-order valence-corrected chi connectivity index (χ1v) is 10.3. The van der Waals surface area contributed by atoms with Crippen molar-refractivity contribution in [2.45, 2.75) is 81.9 Å². The second-order valence-electron chi connectivity index (χ2n) is 7.97. The average Bonchev–Trinajstić information content (AvgIpc) is 3.28. The number of nitrogens with zero attached hydrogens (tertiary/aromatic N) is 2. The number of ether oxygens (including phenoxy) is 3. The number of rotatable bonds is 10. The van der Waals surface area contributed by atoms with Crippen molar-refractivity contribution in [1.29, 1.82) is 0 Å². The zero-order valence-electron chi connectivity index (χ0n) is 17.4. The summed E-state index contributed by atoms with van der Waals surface area (Å²) in [6.07, 6.45) is -10.4. The standard InChI is InChI=1S/C19H23F6N3O5/c1-10(26-15(29)9-30-12-3-4-13(8-12)32-18(20,21)22)2-5-16-27-28-17(31-16)11-6-14(7-11)33-19(23,24)25/h11-14H,1-9H2,(H,26,29)/t11-,12-,13+,14+/m0/s1. The molecule has 1 heterocycles. The van der Waals surface area contributed by atoms with Gasteiger partial charge in [0.1, 0.15) is 6.61 Å². The van der Waals surface area contributed by atoms with Crippen LogP contribution in [0.3, 0.4) is 0 Å². The lowest BCUT2D eigenvalue weighted by atomic mass is 9.82. The number of halogens is 6. The van der Waals surface area contributed by atoms with Gasteiger partial charge in [0.05, 0.1) is 18.3 Å². The quantitative estimate of drug-likeness (QED) is 0.501. The summed E-state index contributed by atoms with van der Waals surface area (Å²) in [5.41, 5.74) is 0.343. The van der Waals surface area contributed by atoms with Crippen LogP contribution in [0.5, 0.6) is 0 Å². The van der Waals surface area contributed by atoms with E-state index >= 15 is 0 Å². The van der Waals surface area contributed by atoms with Crippen molar-refractivity contribution in [2.75, 3.05) is 6.61 Å². The van der Waals surface area contributed by atoms with Crippen LogP contribution in [0.1, 0.15) is 56.2 Å². The zero-order valence-corrected chi connectivity index (χ0v) is 17.4. The lowest BCUT2D eigenvalue weighted by Gasteiger charge is -2.32. The molecule has 0 radical (unpaired) electrons. The number of carbonyl (C=O) groups excluding carboxylic acids is 1. The van der Waals surface area contributed by atoms with Crippen LogP contribution in [-0.2, 0) is 25.4 Å². The summed E-state index contributed by atoms with van der Waals surface area (Å²) in [4.78, 5) is 11.9. The number of alkyl halides is 6. The van der Waals surface area contributed by atoms with Crippen LogP contribution in [0, 0.1) is 0 Å². The molecule has 1 aromatic heterocycles. The first-order valence-electron chi connectivity index (χ1n) is 10.3. The Balaban J connectivity index is 1.30. The fraction of sp³-hybridized carbons (Fsp3) is 0.737. The van der Waals surface area contributed by atoms with Crippen LogP contribution in [0.4, 0.5) is 26.3 Å². The summed E-state index contributed by atoms with van der Waals surface area (Å²) in [6.45, 7) is 3.37. The van der Waals surface area contributed by atoms with Crippen molar-refractivity contribution in [2.24, 2.45) is 0 Å². The lowest BCUT2D eigenvalue weighted by molar-refractivity contribution is -0.352. The van der Waals surface area contributed by atoms with E-state index in [2.05, 4.69) is 31.6 Å². The SMILES string of the molecule is C=C(CCc1nnc([C@H]2C[C@@H](OC(F)(F)F)C2)o1)NC(=O)CO[C@H]1CC[C@@H](OC(F)(F)F)C1. The molecule has 2 aliphatic rings. The number of amides is 1. The molecule has 1 N–H and O–H groups in total. The molecule has 2 fully saturated rings. The molecule has 0 aliphatic heterocycles. The molecular weight excluding hydrogens is 464 g/mol. The molecule has 2 atom stereocenters. The molecule has 2 saturated carbocycles. The van der Waals surface area contributed by atoms with E-state index in [1.807, 2.05) is 0 Å². The summed E-state index contributed by atoms with van der Waals surface area (Å²) < 4.78 is 91.8. The Hall–Kier alpha value is -2.19. The van der Waals surface area contributed by atoms with Crippen molar-refractivity contribution >= 4 is 5.91 Å². The van der Waals surface area contributed by atoms with Gasteiger partial charge >= 0.3 is 12.7 Å². The smallest absolute Gasteiger partial charge is 0.425 e. The third-order valence-corrected chi connectivity index (χ3v) is 5.27. The highest BCUT2D eigenvalue weighted by atomic mass is 19.4. The molecule has 1 aromatic rings. The number of hydrogen-bond acceptors (Lipinski definition) is 7. The molecule has 0 spiro atoms. The van der Waals surface area contributed by atoms with Crippen molar-refractivity contribution < 1.29 is 49.8 Å². The first-order chi connectivity index (χ1) is 15.4. The fourth-order valence-corrected chi connectivity index (χ4v) is 3.68. The van der Waals surface area contributed by atoms with E-state index in [9.17, 15) is 31.1 Å². The first kappa shape index (κ1) is 25.4. The normalized spacial score (nSPS) is 25.6. The molecule has 14 heteroatoms. The molecule has 1 amide bonds. The fourth-order valence-electron chi connectivity index (χ4n) is 3.68. The molecule has 0 aromatic carbocycles. The highest BCUT2D eigenvalue weighted by molar-refractivity contribution is 5.78. The van der Waals surface area contributed by atoms with Gasteiger partial charge in [0, 0.05) is 24.5 Å². The lowest BCUT2D eigenvalue weighted by Crippen LogP contribution is -2.34. The van der Waals surface area contributed by atoms with E-state index < -0.39 is 36.9 Å². The zero-order chi connectivity index (χ0) is 24.2. The highest BCUT2D eigenvalue weighted by Gasteiger charge is 2.42. The van der Waals surface area contributed by atoms with E-state index in [-0.39, 0.29) is 62.8 Å². The second-order valence-corrected chi connectivity index (χ2v) is 7.97. The maximum atomic E-state index is 12.2. The topological polar surface area (TPSA) is 95.7 Å². The minimum Gasteiger partial charge on any atom is -0.425 e. The summed E-state index contributed by atoms with van der Waals surface area (Å²) in [6, 6.07) is 0. The van der Waals surface area contributed by atoms with Crippen LogP contribution < -0.4 is 5.32 Å². The minimum atomic E-state index is -4.70. The molecule has 186 valence electrons. The van der Waals surface area contributed by atoms with Gasteiger partial charge in [-0.05, 0) is 32.1 Å². The number of nitrogens with one attached hydrogen (secondary N) is 1. The van der Waals surface area contributed by atoms with Gasteiger partial charge in [0.25, 0.3) is 0 Å². The summed E-state index contributed by atoms with van der Waals surface area (Å²) in [7, 11) is 0. The number of aryl methyl sites for hydroxylation is 1. The van der Waals surface area contributed by atoms with Crippen molar-refractivity contribution in [3.63, 3.8) is 0 Å². The minimum absolute atomic E-state index is 0.0529. The highest BCUT2D eigenvalue weighted by Crippen LogP contribution is 2.40. The van der Waals surface area contributed by atoms with Gasteiger partial charge in [-0.1, -0.05) is 6.58 Å². The number of hydrogen-bond donors (Lipinski definition) is 1. The molecule has 2 aliphatic carbocycles. The number of allylic oxidation sites excluding steroid dienone is 1. The number of aromatic nitrogens is 2. The summed E-state index contributed by atoms with van der Waals surface area (Å²) in [5.74, 6) is -0.315. The summed E-state index contributed by atoms with van der Waals surface area (Å²) in [5, 5.41) is 10.2. The van der Waals surface area contributed by atoms with Crippen LogP contribution >= 0.6 is 0 Å². The van der Waals surface area contributed by atoms with E-state index in [4.69, 9.17) is 9.15 Å². The van der Waals surface area contributed by atoms with Gasteiger partial charge in [-0.3, -0.25) is 14.3 Å². The van der Waals surface area contributed by atoms with Crippen LogP contribution in [-0.4, -0.2) is 53.7 Å². The second kappa shape index (κ2) is 10.4. The van der Waals surface area contributed by atoms with E-state index in [1.54, 1.807) is 0 Å². The Morgan fingerprint density at radius 3 is 2.30 bits per heavy atom. The van der Waals surface area contributed by atoms with Gasteiger partial charge in [-0.2, -0.15) is 0 Å². The molecule has 0 saturated heterocycles. The van der Waals surface area contributed by atoms with Gasteiger partial charge in [-0.15, -0.1) is 36.5 Å². The van der Waals surface area contributed by atoms with Crippen LogP contribution in [0.25, 0.3) is 0 Å². The predicted octanol–water partition coefficient (Wildman–Crippen LogP) is 3.89. The van der Waals surface area contributed by atoms with Crippen molar-refractivity contribution in [3.05, 3.63) is 24.1 Å². The maximum Gasteiger partial charge on any atom is 0.522 e. The van der Waals surface area contributed by atoms with E-state index in [1.165, 1.54) is 0 Å². The number of carbonyl (C=O) groups is 1. The Morgan fingerprint density at radius 2 is 1.64 bits per heavy atom. The Morgan fingerprint density at radius 1 is 1.00 bits per heavy atom. The third kappa shape index (κ3) is 8.59. The van der Waals surface area contributed by atoms with Gasteiger partial charge in [0.2, 0.25) is 17.7 Å². The Bertz CT molecular complexity index is 822. The molecule has 33 heavy (non-hydrogen) atoms. The molecular formula is C19H23F6N3O5. The van der Waals surface area contributed by atoms with Crippen molar-refractivity contribution in [3.8, 4) is 0 Å².